The third kappa shape index (κ3) is 4.65. The Balaban J connectivity index is 1.97. The molecule has 2 aromatic carbocycles. The van der Waals surface area contributed by atoms with E-state index in [1.165, 1.54) is 6.08 Å². The minimum atomic E-state index is -0.475. The highest BCUT2D eigenvalue weighted by Crippen LogP contribution is 2.23. The molecule has 0 aromatic heterocycles. The van der Waals surface area contributed by atoms with Gasteiger partial charge in [0.2, 0.25) is 0 Å². The molecule has 0 saturated heterocycles. The van der Waals surface area contributed by atoms with Gasteiger partial charge in [-0.3, -0.25) is 0 Å². The lowest BCUT2D eigenvalue weighted by Crippen LogP contribution is -2.03. The molecule has 0 heterocycles. The molecule has 0 spiro atoms. The van der Waals surface area contributed by atoms with E-state index in [0.29, 0.717) is 17.4 Å². The first-order valence-corrected chi connectivity index (χ1v) is 6.94. The molecule has 0 fully saturated rings. The van der Waals surface area contributed by atoms with Crippen LogP contribution >= 0.6 is 11.6 Å². The van der Waals surface area contributed by atoms with E-state index in [9.17, 15) is 4.79 Å². The summed E-state index contributed by atoms with van der Waals surface area (Å²) >= 11 is 5.92. The van der Waals surface area contributed by atoms with E-state index in [-0.39, 0.29) is 0 Å². The van der Waals surface area contributed by atoms with Crippen molar-refractivity contribution in [3.05, 3.63) is 65.2 Å². The SMILES string of the molecule is CCOc1ccc(/C=C/C(=O)Oc2ccccc2Cl)cc1. The molecule has 0 unspecified atom stereocenters. The van der Waals surface area contributed by atoms with Crippen molar-refractivity contribution >= 4 is 23.6 Å². The van der Waals surface area contributed by atoms with Gasteiger partial charge in [0.05, 0.1) is 11.6 Å². The highest BCUT2D eigenvalue weighted by molar-refractivity contribution is 6.32. The molecule has 2 aromatic rings. The number of rotatable bonds is 5. The van der Waals surface area contributed by atoms with Crippen LogP contribution < -0.4 is 9.47 Å². The Labute approximate surface area is 128 Å². The van der Waals surface area contributed by atoms with Crippen molar-refractivity contribution < 1.29 is 14.3 Å². The fraction of sp³-hybridized carbons (Fsp3) is 0.118. The Morgan fingerprint density at radius 1 is 1.14 bits per heavy atom. The standard InChI is InChI=1S/C17H15ClO3/c1-2-20-14-10-7-13(8-11-14)9-12-17(19)21-16-6-4-3-5-15(16)18/h3-12H,2H2,1H3/b12-9+. The summed E-state index contributed by atoms with van der Waals surface area (Å²) in [5.74, 6) is 0.672. The molecule has 4 heteroatoms. The molecule has 0 atom stereocenters. The average molecular weight is 303 g/mol. The van der Waals surface area contributed by atoms with Gasteiger partial charge in [-0.1, -0.05) is 35.9 Å². The molecule has 0 saturated carbocycles. The predicted octanol–water partition coefficient (Wildman–Crippen LogP) is 4.36. The maximum absolute atomic E-state index is 11.7. The molecule has 3 nitrogen and oxygen atoms in total. The van der Waals surface area contributed by atoms with Gasteiger partial charge in [0.15, 0.2) is 0 Å². The summed E-state index contributed by atoms with van der Waals surface area (Å²) in [6.07, 6.45) is 3.04. The average Bonchev–Trinajstić information content (AvgIpc) is 2.49. The Morgan fingerprint density at radius 2 is 1.86 bits per heavy atom. The number of carbonyl (C=O) groups excluding carboxylic acids is 1. The van der Waals surface area contributed by atoms with Crippen molar-refractivity contribution in [2.24, 2.45) is 0 Å². The molecule has 0 bridgehead atoms. The molecule has 0 aliphatic carbocycles. The van der Waals surface area contributed by atoms with E-state index >= 15 is 0 Å². The van der Waals surface area contributed by atoms with Crippen LogP contribution in [-0.2, 0) is 4.79 Å². The fourth-order valence-corrected chi connectivity index (χ4v) is 1.85. The van der Waals surface area contributed by atoms with Crippen molar-refractivity contribution in [1.29, 1.82) is 0 Å². The van der Waals surface area contributed by atoms with E-state index < -0.39 is 5.97 Å². The first-order valence-electron chi connectivity index (χ1n) is 6.56. The fourth-order valence-electron chi connectivity index (χ4n) is 1.68. The maximum Gasteiger partial charge on any atom is 0.336 e. The van der Waals surface area contributed by atoms with Gasteiger partial charge in [-0.2, -0.15) is 0 Å². The van der Waals surface area contributed by atoms with Crippen molar-refractivity contribution in [3.8, 4) is 11.5 Å². The Kier molecular flexibility index (Phi) is 5.41. The molecular formula is C17H15ClO3. The number of hydrogen-bond acceptors (Lipinski definition) is 3. The van der Waals surface area contributed by atoms with Gasteiger partial charge >= 0.3 is 5.97 Å². The molecule has 0 aliphatic rings. The monoisotopic (exact) mass is 302 g/mol. The molecule has 0 N–H and O–H groups in total. The normalized spacial score (nSPS) is 10.6. The van der Waals surface area contributed by atoms with E-state index in [2.05, 4.69) is 0 Å². The van der Waals surface area contributed by atoms with E-state index in [1.54, 1.807) is 30.3 Å². The van der Waals surface area contributed by atoms with Gasteiger partial charge in [-0.05, 0) is 42.8 Å². The summed E-state index contributed by atoms with van der Waals surface area (Å²) in [5, 5.41) is 0.403. The van der Waals surface area contributed by atoms with Gasteiger partial charge in [0, 0.05) is 6.08 Å². The zero-order valence-electron chi connectivity index (χ0n) is 11.6. The van der Waals surface area contributed by atoms with Gasteiger partial charge in [-0.15, -0.1) is 0 Å². The molecule has 0 radical (unpaired) electrons. The van der Waals surface area contributed by atoms with Crippen LogP contribution in [0, 0.1) is 0 Å². The zero-order valence-corrected chi connectivity index (χ0v) is 12.3. The summed E-state index contributed by atoms with van der Waals surface area (Å²) in [7, 11) is 0. The quantitative estimate of drug-likeness (QED) is 0.468. The summed E-state index contributed by atoms with van der Waals surface area (Å²) < 4.78 is 10.5. The Morgan fingerprint density at radius 3 is 2.52 bits per heavy atom. The molecule has 108 valence electrons. The Hall–Kier alpha value is -2.26. The second kappa shape index (κ2) is 7.50. The van der Waals surface area contributed by atoms with E-state index in [1.807, 2.05) is 31.2 Å². The number of hydrogen-bond donors (Lipinski definition) is 0. The summed E-state index contributed by atoms with van der Waals surface area (Å²) in [6, 6.07) is 14.3. The molecule has 2 rings (SSSR count). The van der Waals surface area contributed by atoms with Crippen LogP contribution in [0.4, 0.5) is 0 Å². The van der Waals surface area contributed by atoms with Crippen LogP contribution in [0.3, 0.4) is 0 Å². The van der Waals surface area contributed by atoms with E-state index in [4.69, 9.17) is 21.1 Å². The van der Waals surface area contributed by atoms with Crippen LogP contribution in [-0.4, -0.2) is 12.6 Å². The Bertz CT molecular complexity index is 633. The predicted molar refractivity (Wildman–Crippen MR) is 83.7 cm³/mol. The number of carbonyl (C=O) groups is 1. The van der Waals surface area contributed by atoms with Crippen LogP contribution in [0.1, 0.15) is 12.5 Å². The number of esters is 1. The molecule has 0 amide bonds. The first kappa shape index (κ1) is 15.1. The number of benzene rings is 2. The third-order valence-corrected chi connectivity index (χ3v) is 2.96. The van der Waals surface area contributed by atoms with E-state index in [0.717, 1.165) is 11.3 Å². The van der Waals surface area contributed by atoms with Crippen molar-refractivity contribution in [2.45, 2.75) is 6.92 Å². The van der Waals surface area contributed by atoms with Gasteiger partial charge in [-0.25, -0.2) is 4.79 Å². The van der Waals surface area contributed by atoms with Crippen LogP contribution in [0.5, 0.6) is 11.5 Å². The lowest BCUT2D eigenvalue weighted by Gasteiger charge is -2.03. The second-order valence-electron chi connectivity index (χ2n) is 4.19. The summed E-state index contributed by atoms with van der Waals surface area (Å²) in [6.45, 7) is 2.55. The lowest BCUT2D eigenvalue weighted by molar-refractivity contribution is -0.128. The minimum Gasteiger partial charge on any atom is -0.494 e. The first-order chi connectivity index (χ1) is 10.2. The van der Waals surface area contributed by atoms with Gasteiger partial charge in [0.1, 0.15) is 11.5 Å². The summed E-state index contributed by atoms with van der Waals surface area (Å²) in [4.78, 5) is 11.7. The minimum absolute atomic E-state index is 0.348. The highest BCUT2D eigenvalue weighted by Gasteiger charge is 2.04. The van der Waals surface area contributed by atoms with Crippen LogP contribution in [0.25, 0.3) is 6.08 Å². The lowest BCUT2D eigenvalue weighted by atomic mass is 10.2. The number of para-hydroxylation sites is 1. The molecule has 21 heavy (non-hydrogen) atoms. The molecular weight excluding hydrogens is 288 g/mol. The van der Waals surface area contributed by atoms with Crippen molar-refractivity contribution in [3.63, 3.8) is 0 Å². The van der Waals surface area contributed by atoms with Crippen molar-refractivity contribution in [2.75, 3.05) is 6.61 Å². The topological polar surface area (TPSA) is 35.5 Å². The van der Waals surface area contributed by atoms with Crippen LogP contribution in [0.2, 0.25) is 5.02 Å². The van der Waals surface area contributed by atoms with Crippen molar-refractivity contribution in [1.82, 2.24) is 0 Å². The van der Waals surface area contributed by atoms with Gasteiger partial charge < -0.3 is 9.47 Å². The maximum atomic E-state index is 11.7. The van der Waals surface area contributed by atoms with Crippen LogP contribution in [0.15, 0.2) is 54.6 Å². The van der Waals surface area contributed by atoms with Gasteiger partial charge in [0.25, 0.3) is 0 Å². The second-order valence-corrected chi connectivity index (χ2v) is 4.59. The third-order valence-electron chi connectivity index (χ3n) is 2.65. The largest absolute Gasteiger partial charge is 0.494 e. The number of halogens is 1. The zero-order chi connectivity index (χ0) is 15.1. The summed E-state index contributed by atoms with van der Waals surface area (Å²) in [5.41, 5.74) is 0.884. The smallest absolute Gasteiger partial charge is 0.336 e. The molecule has 0 aliphatic heterocycles. The number of ether oxygens (including phenoxy) is 2. The highest BCUT2D eigenvalue weighted by atomic mass is 35.5.